The van der Waals surface area contributed by atoms with Gasteiger partial charge in [0.15, 0.2) is 0 Å². The van der Waals surface area contributed by atoms with Gasteiger partial charge in [-0.05, 0) is 18.2 Å². The number of aromatic nitrogens is 2. The van der Waals surface area contributed by atoms with E-state index in [1.54, 1.807) is 4.68 Å². The maximum Gasteiger partial charge on any atom is 0.242 e. The number of primary amides is 1. The summed E-state index contributed by atoms with van der Waals surface area (Å²) in [6.07, 6.45) is -0.306. The Morgan fingerprint density at radius 1 is 1.03 bits per heavy atom. The summed E-state index contributed by atoms with van der Waals surface area (Å²) in [5.74, 6) is -1.57. The Bertz CT molecular complexity index is 1030. The zero-order chi connectivity index (χ0) is 21.5. The van der Waals surface area contributed by atoms with Gasteiger partial charge in [-0.25, -0.2) is 4.68 Å². The number of likely N-dealkylation sites (N-methyl/N-ethyl adjacent to an activating group) is 1. The topological polar surface area (TPSA) is 119 Å². The van der Waals surface area contributed by atoms with Gasteiger partial charge in [0.2, 0.25) is 17.7 Å². The van der Waals surface area contributed by atoms with Crippen LogP contribution in [0.4, 0.5) is 0 Å². The van der Waals surface area contributed by atoms with Crippen molar-refractivity contribution in [1.82, 2.24) is 20.4 Å². The van der Waals surface area contributed by atoms with E-state index in [9.17, 15) is 14.4 Å². The van der Waals surface area contributed by atoms with Crippen molar-refractivity contribution < 1.29 is 14.4 Å². The number of nitrogens with zero attached hydrogens (tertiary/aromatic N) is 2. The Balaban J connectivity index is 1.88. The molecule has 2 aromatic carbocycles. The highest BCUT2D eigenvalue weighted by atomic mass is 16.2. The molecule has 0 radical (unpaired) electrons. The molecule has 4 N–H and O–H groups in total. The van der Waals surface area contributed by atoms with Crippen LogP contribution in [0, 0.1) is 0 Å². The van der Waals surface area contributed by atoms with Crippen LogP contribution < -0.4 is 16.4 Å². The standard InChI is InChI=1S/C22H23N5O3/c1-24-22(30)19(14-20(23)28)25-21(29)13-17-12-18(15-8-4-2-5-9-15)26-27(17)16-10-6-3-7-11-16/h2-12,19H,13-14H2,1H3,(H2,23,28)(H,24,30)(H,25,29)/t19-/m0/s1. The third-order valence-electron chi connectivity index (χ3n) is 4.50. The first-order valence-corrected chi connectivity index (χ1v) is 9.47. The quantitative estimate of drug-likeness (QED) is 0.521. The molecular weight excluding hydrogens is 382 g/mol. The second-order valence-electron chi connectivity index (χ2n) is 6.72. The van der Waals surface area contributed by atoms with Crippen molar-refractivity contribution in [3.63, 3.8) is 0 Å². The SMILES string of the molecule is CNC(=O)[C@H](CC(N)=O)NC(=O)Cc1cc(-c2ccccc2)nn1-c1ccccc1. The Labute approximate surface area is 174 Å². The molecule has 1 atom stereocenters. The maximum absolute atomic E-state index is 12.7. The molecule has 8 heteroatoms. The summed E-state index contributed by atoms with van der Waals surface area (Å²) in [7, 11) is 1.43. The molecule has 0 saturated carbocycles. The molecule has 30 heavy (non-hydrogen) atoms. The number of hydrogen-bond donors (Lipinski definition) is 3. The van der Waals surface area contributed by atoms with Gasteiger partial charge in [-0.3, -0.25) is 14.4 Å². The molecule has 3 amide bonds. The summed E-state index contributed by atoms with van der Waals surface area (Å²) >= 11 is 0. The maximum atomic E-state index is 12.7. The minimum atomic E-state index is -1.03. The van der Waals surface area contributed by atoms with E-state index in [0.717, 1.165) is 16.9 Å². The average Bonchev–Trinajstić information content (AvgIpc) is 3.17. The van der Waals surface area contributed by atoms with Crippen molar-refractivity contribution in [2.45, 2.75) is 18.9 Å². The Kier molecular flexibility index (Phi) is 6.59. The zero-order valence-corrected chi connectivity index (χ0v) is 16.5. The van der Waals surface area contributed by atoms with Crippen LogP contribution >= 0.6 is 0 Å². The molecule has 8 nitrogen and oxygen atoms in total. The summed E-state index contributed by atoms with van der Waals surface area (Å²) < 4.78 is 1.70. The molecule has 0 unspecified atom stereocenters. The normalized spacial score (nSPS) is 11.5. The molecule has 3 rings (SSSR count). The van der Waals surface area contributed by atoms with Crippen LogP contribution in [0.3, 0.4) is 0 Å². The fourth-order valence-corrected chi connectivity index (χ4v) is 3.08. The van der Waals surface area contributed by atoms with Crippen LogP contribution in [0.25, 0.3) is 16.9 Å². The Morgan fingerprint density at radius 2 is 1.67 bits per heavy atom. The Hall–Kier alpha value is -3.94. The molecule has 0 spiro atoms. The van der Waals surface area contributed by atoms with E-state index in [1.807, 2.05) is 66.7 Å². The lowest BCUT2D eigenvalue weighted by Crippen LogP contribution is -2.48. The molecule has 0 saturated heterocycles. The van der Waals surface area contributed by atoms with E-state index in [4.69, 9.17) is 5.73 Å². The van der Waals surface area contributed by atoms with Crippen LogP contribution in [-0.2, 0) is 20.8 Å². The summed E-state index contributed by atoms with van der Waals surface area (Å²) in [6.45, 7) is 0. The first kappa shape index (κ1) is 20.8. The number of carbonyl (C=O) groups excluding carboxylic acids is 3. The van der Waals surface area contributed by atoms with Gasteiger partial charge >= 0.3 is 0 Å². The second-order valence-corrected chi connectivity index (χ2v) is 6.72. The molecule has 0 aliphatic carbocycles. The predicted octanol–water partition coefficient (Wildman–Crippen LogP) is 1.19. The Morgan fingerprint density at radius 3 is 2.27 bits per heavy atom. The van der Waals surface area contributed by atoms with Crippen LogP contribution in [0.15, 0.2) is 66.7 Å². The fraction of sp³-hybridized carbons (Fsp3) is 0.182. The van der Waals surface area contributed by atoms with E-state index in [1.165, 1.54) is 7.05 Å². The third kappa shape index (κ3) is 5.11. The van der Waals surface area contributed by atoms with Gasteiger partial charge in [0.05, 0.1) is 29.9 Å². The van der Waals surface area contributed by atoms with Gasteiger partial charge in [0.25, 0.3) is 0 Å². The molecule has 0 bridgehead atoms. The number of nitrogens with one attached hydrogen (secondary N) is 2. The monoisotopic (exact) mass is 405 g/mol. The third-order valence-corrected chi connectivity index (χ3v) is 4.50. The largest absolute Gasteiger partial charge is 0.370 e. The number of nitrogens with two attached hydrogens (primary N) is 1. The predicted molar refractivity (Wildman–Crippen MR) is 113 cm³/mol. The number of amides is 3. The van der Waals surface area contributed by atoms with Gasteiger partial charge in [0, 0.05) is 12.6 Å². The number of benzene rings is 2. The molecule has 0 aliphatic rings. The molecule has 1 aromatic heterocycles. The van der Waals surface area contributed by atoms with Crippen LogP contribution in [0.5, 0.6) is 0 Å². The smallest absolute Gasteiger partial charge is 0.242 e. The highest BCUT2D eigenvalue weighted by Gasteiger charge is 2.23. The molecule has 3 aromatic rings. The van der Waals surface area contributed by atoms with Crippen molar-refractivity contribution in [3.8, 4) is 16.9 Å². The summed E-state index contributed by atoms with van der Waals surface area (Å²) in [6, 6.07) is 19.9. The van der Waals surface area contributed by atoms with E-state index in [2.05, 4.69) is 15.7 Å². The summed E-state index contributed by atoms with van der Waals surface area (Å²) in [5.41, 5.74) is 8.30. The van der Waals surface area contributed by atoms with Crippen molar-refractivity contribution in [3.05, 3.63) is 72.4 Å². The lowest BCUT2D eigenvalue weighted by molar-refractivity contribution is -0.130. The van der Waals surface area contributed by atoms with Gasteiger partial charge in [0.1, 0.15) is 6.04 Å². The van der Waals surface area contributed by atoms with Crippen molar-refractivity contribution >= 4 is 17.7 Å². The number of rotatable bonds is 8. The summed E-state index contributed by atoms with van der Waals surface area (Å²) in [4.78, 5) is 35.9. The molecule has 0 aliphatic heterocycles. The van der Waals surface area contributed by atoms with E-state index in [0.29, 0.717) is 5.69 Å². The number of hydrogen-bond acceptors (Lipinski definition) is 4. The van der Waals surface area contributed by atoms with Crippen LogP contribution in [0.2, 0.25) is 0 Å². The van der Waals surface area contributed by atoms with Crippen molar-refractivity contribution in [1.29, 1.82) is 0 Å². The fourth-order valence-electron chi connectivity index (χ4n) is 3.08. The van der Waals surface area contributed by atoms with Crippen molar-refractivity contribution in [2.24, 2.45) is 5.73 Å². The van der Waals surface area contributed by atoms with Gasteiger partial charge in [-0.15, -0.1) is 0 Å². The zero-order valence-electron chi connectivity index (χ0n) is 16.5. The van der Waals surface area contributed by atoms with Gasteiger partial charge in [-0.2, -0.15) is 5.10 Å². The highest BCUT2D eigenvalue weighted by Crippen LogP contribution is 2.22. The average molecular weight is 405 g/mol. The lowest BCUT2D eigenvalue weighted by Gasteiger charge is -2.16. The molecule has 1 heterocycles. The van der Waals surface area contributed by atoms with E-state index in [-0.39, 0.29) is 12.8 Å². The molecule has 0 fully saturated rings. The van der Waals surface area contributed by atoms with Gasteiger partial charge in [-0.1, -0.05) is 48.5 Å². The second kappa shape index (κ2) is 9.51. The minimum absolute atomic E-state index is 0.0268. The van der Waals surface area contributed by atoms with E-state index < -0.39 is 23.8 Å². The van der Waals surface area contributed by atoms with E-state index >= 15 is 0 Å². The number of carbonyl (C=O) groups is 3. The number of para-hydroxylation sites is 1. The first-order valence-electron chi connectivity index (χ1n) is 9.47. The highest BCUT2D eigenvalue weighted by molar-refractivity contribution is 5.92. The molecular formula is C22H23N5O3. The van der Waals surface area contributed by atoms with Crippen LogP contribution in [-0.4, -0.2) is 40.6 Å². The lowest BCUT2D eigenvalue weighted by atomic mass is 10.1. The molecule has 154 valence electrons. The first-order chi connectivity index (χ1) is 14.5. The van der Waals surface area contributed by atoms with Crippen LogP contribution in [0.1, 0.15) is 12.1 Å². The summed E-state index contributed by atoms with van der Waals surface area (Å²) in [5, 5.41) is 9.67. The minimum Gasteiger partial charge on any atom is -0.370 e. The van der Waals surface area contributed by atoms with Gasteiger partial charge < -0.3 is 16.4 Å². The van der Waals surface area contributed by atoms with Crippen molar-refractivity contribution in [2.75, 3.05) is 7.05 Å².